The predicted octanol–water partition coefficient (Wildman–Crippen LogP) is 3.45. The van der Waals surface area contributed by atoms with Gasteiger partial charge in [0, 0.05) is 16.8 Å². The average molecular weight is 397 g/mol. The van der Waals surface area contributed by atoms with Crippen molar-refractivity contribution >= 4 is 38.9 Å². The number of ether oxygens (including phenoxy) is 1. The molecule has 2 aromatic rings. The Labute approximate surface area is 158 Å². The Morgan fingerprint density at radius 2 is 1.96 bits per heavy atom. The van der Waals surface area contributed by atoms with E-state index in [4.69, 9.17) is 16.3 Å². The van der Waals surface area contributed by atoms with E-state index < -0.39 is 15.9 Å². The standard InChI is InChI=1S/C18H21ClN2O4S/c1-4-25-16-7-5-6-15(11-16)21(26(3,23)24)12-18(22)20-17-10-14(19)9-8-13(17)2/h5-11H,4,12H2,1-3H3,(H,20,22). The number of carbonyl (C=O) groups excluding carboxylic acids is 1. The van der Waals surface area contributed by atoms with Crippen LogP contribution in [0.3, 0.4) is 0 Å². The number of rotatable bonds is 7. The maximum Gasteiger partial charge on any atom is 0.245 e. The lowest BCUT2D eigenvalue weighted by Gasteiger charge is -2.22. The SMILES string of the molecule is CCOc1cccc(N(CC(=O)Nc2cc(Cl)ccc2C)S(C)(=O)=O)c1. The highest BCUT2D eigenvalue weighted by molar-refractivity contribution is 7.92. The van der Waals surface area contributed by atoms with Gasteiger partial charge in [0.1, 0.15) is 12.3 Å². The Morgan fingerprint density at radius 3 is 2.62 bits per heavy atom. The molecular weight excluding hydrogens is 376 g/mol. The molecule has 0 radical (unpaired) electrons. The summed E-state index contributed by atoms with van der Waals surface area (Å²) in [6.07, 6.45) is 1.05. The summed E-state index contributed by atoms with van der Waals surface area (Å²) in [4.78, 5) is 12.4. The van der Waals surface area contributed by atoms with E-state index in [2.05, 4.69) is 5.32 Å². The largest absolute Gasteiger partial charge is 0.494 e. The molecule has 0 fully saturated rings. The van der Waals surface area contributed by atoms with Crippen molar-refractivity contribution in [2.75, 3.05) is 29.0 Å². The highest BCUT2D eigenvalue weighted by Gasteiger charge is 2.21. The summed E-state index contributed by atoms with van der Waals surface area (Å²) in [6.45, 7) is 3.75. The molecule has 0 bridgehead atoms. The van der Waals surface area contributed by atoms with Crippen LogP contribution in [-0.4, -0.2) is 33.7 Å². The Bertz CT molecular complexity index is 900. The van der Waals surface area contributed by atoms with E-state index in [0.29, 0.717) is 28.8 Å². The van der Waals surface area contributed by atoms with Gasteiger partial charge in [-0.25, -0.2) is 8.42 Å². The molecular formula is C18H21ClN2O4S. The average Bonchev–Trinajstić information content (AvgIpc) is 2.55. The second-order valence-electron chi connectivity index (χ2n) is 5.71. The van der Waals surface area contributed by atoms with Crippen molar-refractivity contribution in [1.82, 2.24) is 0 Å². The lowest BCUT2D eigenvalue weighted by atomic mass is 10.2. The number of sulfonamides is 1. The number of benzene rings is 2. The molecule has 1 N–H and O–H groups in total. The lowest BCUT2D eigenvalue weighted by Crippen LogP contribution is -2.37. The summed E-state index contributed by atoms with van der Waals surface area (Å²) >= 11 is 5.95. The lowest BCUT2D eigenvalue weighted by molar-refractivity contribution is -0.114. The van der Waals surface area contributed by atoms with E-state index in [-0.39, 0.29) is 6.54 Å². The molecule has 6 nitrogen and oxygen atoms in total. The van der Waals surface area contributed by atoms with Crippen LogP contribution in [0.25, 0.3) is 0 Å². The number of nitrogens with zero attached hydrogens (tertiary/aromatic N) is 1. The van der Waals surface area contributed by atoms with Crippen molar-refractivity contribution in [3.8, 4) is 5.75 Å². The van der Waals surface area contributed by atoms with Crippen LogP contribution >= 0.6 is 11.6 Å². The smallest absolute Gasteiger partial charge is 0.245 e. The van der Waals surface area contributed by atoms with Crippen LogP contribution in [-0.2, 0) is 14.8 Å². The highest BCUT2D eigenvalue weighted by atomic mass is 35.5. The van der Waals surface area contributed by atoms with E-state index >= 15 is 0 Å². The van der Waals surface area contributed by atoms with Crippen molar-refractivity contribution in [1.29, 1.82) is 0 Å². The van der Waals surface area contributed by atoms with Gasteiger partial charge < -0.3 is 10.1 Å². The molecule has 0 saturated carbocycles. The fourth-order valence-electron chi connectivity index (χ4n) is 2.34. The summed E-state index contributed by atoms with van der Waals surface area (Å²) in [5.74, 6) is 0.0624. The zero-order valence-corrected chi connectivity index (χ0v) is 16.4. The third kappa shape index (κ3) is 5.37. The monoisotopic (exact) mass is 396 g/mol. The maximum atomic E-state index is 12.4. The molecule has 26 heavy (non-hydrogen) atoms. The minimum atomic E-state index is -3.66. The quantitative estimate of drug-likeness (QED) is 0.777. The van der Waals surface area contributed by atoms with Crippen molar-refractivity contribution in [3.63, 3.8) is 0 Å². The number of carbonyl (C=O) groups is 1. The van der Waals surface area contributed by atoms with Crippen LogP contribution in [0, 0.1) is 6.92 Å². The number of aryl methyl sites for hydroxylation is 1. The van der Waals surface area contributed by atoms with Gasteiger partial charge in [0.25, 0.3) is 0 Å². The number of anilines is 2. The molecule has 140 valence electrons. The normalized spacial score (nSPS) is 11.1. The third-order valence-electron chi connectivity index (χ3n) is 3.58. The van der Waals surface area contributed by atoms with Gasteiger partial charge in [0.15, 0.2) is 0 Å². The highest BCUT2D eigenvalue weighted by Crippen LogP contribution is 2.24. The number of halogens is 1. The van der Waals surface area contributed by atoms with Gasteiger partial charge in [0.05, 0.1) is 18.6 Å². The van der Waals surface area contributed by atoms with Gasteiger partial charge in [-0.1, -0.05) is 23.7 Å². The Kier molecular flexibility index (Phi) is 6.50. The van der Waals surface area contributed by atoms with Crippen LogP contribution in [0.5, 0.6) is 5.75 Å². The predicted molar refractivity (Wildman–Crippen MR) is 105 cm³/mol. The molecule has 8 heteroatoms. The van der Waals surface area contributed by atoms with Crippen LogP contribution in [0.4, 0.5) is 11.4 Å². The Morgan fingerprint density at radius 1 is 1.23 bits per heavy atom. The van der Waals surface area contributed by atoms with Gasteiger partial charge in [-0.05, 0) is 43.7 Å². The molecule has 0 aliphatic carbocycles. The van der Waals surface area contributed by atoms with E-state index in [0.717, 1.165) is 16.1 Å². The third-order valence-corrected chi connectivity index (χ3v) is 4.95. The number of amides is 1. The minimum absolute atomic E-state index is 0.358. The van der Waals surface area contributed by atoms with Gasteiger partial charge in [0.2, 0.25) is 15.9 Å². The second kappa shape index (κ2) is 8.42. The molecule has 0 saturated heterocycles. The first-order chi connectivity index (χ1) is 12.2. The number of hydrogen-bond acceptors (Lipinski definition) is 4. The fourth-order valence-corrected chi connectivity index (χ4v) is 3.36. The zero-order chi connectivity index (χ0) is 19.3. The maximum absolute atomic E-state index is 12.4. The van der Waals surface area contributed by atoms with Gasteiger partial charge in [-0.3, -0.25) is 9.10 Å². The Hall–Kier alpha value is -2.25. The number of nitrogens with one attached hydrogen (secondary N) is 1. The molecule has 0 heterocycles. The van der Waals surface area contributed by atoms with Crippen LogP contribution in [0.15, 0.2) is 42.5 Å². The van der Waals surface area contributed by atoms with E-state index in [1.54, 1.807) is 42.5 Å². The summed E-state index contributed by atoms with van der Waals surface area (Å²) < 4.78 is 30.8. The summed E-state index contributed by atoms with van der Waals surface area (Å²) in [5, 5.41) is 3.18. The number of hydrogen-bond donors (Lipinski definition) is 1. The fraction of sp³-hybridized carbons (Fsp3) is 0.278. The van der Waals surface area contributed by atoms with Crippen LogP contribution in [0.1, 0.15) is 12.5 Å². The van der Waals surface area contributed by atoms with E-state index in [9.17, 15) is 13.2 Å². The molecule has 0 spiro atoms. The first kappa shape index (κ1) is 20.1. The summed E-state index contributed by atoms with van der Waals surface area (Å²) in [7, 11) is -3.66. The zero-order valence-electron chi connectivity index (χ0n) is 14.8. The van der Waals surface area contributed by atoms with Crippen LogP contribution < -0.4 is 14.4 Å². The Balaban J connectivity index is 2.24. The van der Waals surface area contributed by atoms with Gasteiger partial charge in [-0.2, -0.15) is 0 Å². The molecule has 0 atom stereocenters. The molecule has 2 rings (SSSR count). The first-order valence-corrected chi connectivity index (χ1v) is 10.2. The van der Waals surface area contributed by atoms with E-state index in [1.165, 1.54) is 0 Å². The molecule has 0 aliphatic rings. The van der Waals surface area contributed by atoms with Crippen LogP contribution in [0.2, 0.25) is 5.02 Å². The molecule has 0 aliphatic heterocycles. The molecule has 1 amide bonds. The topological polar surface area (TPSA) is 75.7 Å². The summed E-state index contributed by atoms with van der Waals surface area (Å²) in [6, 6.07) is 11.7. The van der Waals surface area contributed by atoms with Crippen molar-refractivity contribution in [3.05, 3.63) is 53.1 Å². The first-order valence-electron chi connectivity index (χ1n) is 7.97. The van der Waals surface area contributed by atoms with Gasteiger partial charge in [-0.15, -0.1) is 0 Å². The van der Waals surface area contributed by atoms with Crippen molar-refractivity contribution in [2.24, 2.45) is 0 Å². The molecule has 2 aromatic carbocycles. The van der Waals surface area contributed by atoms with Crippen molar-refractivity contribution in [2.45, 2.75) is 13.8 Å². The van der Waals surface area contributed by atoms with E-state index in [1.807, 2.05) is 13.8 Å². The summed E-state index contributed by atoms with van der Waals surface area (Å²) in [5.41, 5.74) is 1.72. The second-order valence-corrected chi connectivity index (χ2v) is 8.05. The van der Waals surface area contributed by atoms with Gasteiger partial charge >= 0.3 is 0 Å². The molecule has 0 aromatic heterocycles. The molecule has 0 unspecified atom stereocenters. The van der Waals surface area contributed by atoms with Crippen molar-refractivity contribution < 1.29 is 17.9 Å². The minimum Gasteiger partial charge on any atom is -0.494 e.